The van der Waals surface area contributed by atoms with E-state index >= 15 is 0 Å². The molecule has 0 spiro atoms. The number of hydrogen-bond donors (Lipinski definition) is 0. The Kier molecular flexibility index (Phi) is 3.94. The minimum Gasteiger partial charge on any atom is -0.493 e. The van der Waals surface area contributed by atoms with Crippen molar-refractivity contribution in [1.82, 2.24) is 4.57 Å². The second-order valence-corrected chi connectivity index (χ2v) is 4.51. The quantitative estimate of drug-likeness (QED) is 0.777. The van der Waals surface area contributed by atoms with Crippen LogP contribution >= 0.6 is 11.3 Å². The Labute approximate surface area is 108 Å². The fourth-order valence-corrected chi connectivity index (χ4v) is 2.21. The number of hydrogen-bond acceptors (Lipinski definition) is 4. The van der Waals surface area contributed by atoms with E-state index in [1.54, 1.807) is 29.8 Å². The van der Waals surface area contributed by atoms with Crippen LogP contribution in [0.1, 0.15) is 17.3 Å². The second kappa shape index (κ2) is 5.64. The van der Waals surface area contributed by atoms with Crippen LogP contribution in [-0.2, 0) is 6.54 Å². The Morgan fingerprint density at radius 3 is 2.83 bits per heavy atom. The summed E-state index contributed by atoms with van der Waals surface area (Å²) >= 11 is 1.08. The molecule has 0 bridgehead atoms. The van der Waals surface area contributed by atoms with E-state index in [4.69, 9.17) is 4.74 Å². The standard InChI is InChI=1S/C13H13NO3S/c1-2-17-12-6-4-3-5-10(12)11(15)9-14-7-8-18-13(14)16/h3-8H,2,9H2,1H3. The van der Waals surface area contributed by atoms with Gasteiger partial charge in [0.2, 0.25) is 0 Å². The molecule has 1 aromatic carbocycles. The largest absolute Gasteiger partial charge is 0.493 e. The maximum absolute atomic E-state index is 12.1. The Morgan fingerprint density at radius 1 is 1.39 bits per heavy atom. The molecule has 0 N–H and O–H groups in total. The van der Waals surface area contributed by atoms with E-state index in [-0.39, 0.29) is 17.2 Å². The SMILES string of the molecule is CCOc1ccccc1C(=O)Cn1ccsc1=O. The summed E-state index contributed by atoms with van der Waals surface area (Å²) in [6.07, 6.45) is 1.62. The zero-order chi connectivity index (χ0) is 13.0. The zero-order valence-corrected chi connectivity index (χ0v) is 10.8. The average molecular weight is 263 g/mol. The first kappa shape index (κ1) is 12.6. The number of Topliss-reactive ketones (excluding diaryl/α,β-unsaturated/α-hetero) is 1. The van der Waals surface area contributed by atoms with Gasteiger partial charge in [0.15, 0.2) is 5.78 Å². The highest BCUT2D eigenvalue weighted by Gasteiger charge is 2.13. The lowest BCUT2D eigenvalue weighted by Gasteiger charge is -2.08. The monoisotopic (exact) mass is 263 g/mol. The highest BCUT2D eigenvalue weighted by molar-refractivity contribution is 7.07. The molecule has 0 saturated heterocycles. The van der Waals surface area contributed by atoms with Gasteiger partial charge in [-0.05, 0) is 19.1 Å². The van der Waals surface area contributed by atoms with Crippen LogP contribution in [0.2, 0.25) is 0 Å². The van der Waals surface area contributed by atoms with Crippen LogP contribution in [0.3, 0.4) is 0 Å². The lowest BCUT2D eigenvalue weighted by Crippen LogP contribution is -2.19. The van der Waals surface area contributed by atoms with Gasteiger partial charge in [-0.15, -0.1) is 0 Å². The highest BCUT2D eigenvalue weighted by atomic mass is 32.1. The van der Waals surface area contributed by atoms with Crippen molar-refractivity contribution in [2.45, 2.75) is 13.5 Å². The molecule has 0 aliphatic heterocycles. The van der Waals surface area contributed by atoms with Crippen LogP contribution in [-0.4, -0.2) is 17.0 Å². The highest BCUT2D eigenvalue weighted by Crippen LogP contribution is 2.18. The number of rotatable bonds is 5. The van der Waals surface area contributed by atoms with Crippen molar-refractivity contribution < 1.29 is 9.53 Å². The van der Waals surface area contributed by atoms with Crippen molar-refractivity contribution in [3.05, 3.63) is 51.1 Å². The molecule has 18 heavy (non-hydrogen) atoms. The molecule has 0 unspecified atom stereocenters. The first-order chi connectivity index (χ1) is 8.72. The summed E-state index contributed by atoms with van der Waals surface area (Å²) in [5, 5.41) is 1.67. The van der Waals surface area contributed by atoms with Crippen molar-refractivity contribution in [2.24, 2.45) is 0 Å². The molecular formula is C13H13NO3S. The Morgan fingerprint density at radius 2 is 2.17 bits per heavy atom. The maximum Gasteiger partial charge on any atom is 0.307 e. The average Bonchev–Trinajstić information content (AvgIpc) is 2.76. The number of carbonyl (C=O) groups excluding carboxylic acids is 1. The summed E-state index contributed by atoms with van der Waals surface area (Å²) in [7, 11) is 0. The number of thiazole rings is 1. The van der Waals surface area contributed by atoms with Crippen molar-refractivity contribution in [3.8, 4) is 5.75 Å². The van der Waals surface area contributed by atoms with Gasteiger partial charge >= 0.3 is 4.87 Å². The van der Waals surface area contributed by atoms with Crippen molar-refractivity contribution in [2.75, 3.05) is 6.61 Å². The van der Waals surface area contributed by atoms with Crippen LogP contribution in [0.15, 0.2) is 40.6 Å². The lowest BCUT2D eigenvalue weighted by molar-refractivity contribution is 0.0967. The van der Waals surface area contributed by atoms with Gasteiger partial charge in [-0.1, -0.05) is 23.5 Å². The molecule has 4 nitrogen and oxygen atoms in total. The lowest BCUT2D eigenvalue weighted by atomic mass is 10.1. The smallest absolute Gasteiger partial charge is 0.307 e. The summed E-state index contributed by atoms with van der Waals surface area (Å²) < 4.78 is 6.80. The van der Waals surface area contributed by atoms with Crippen LogP contribution in [0.5, 0.6) is 5.75 Å². The molecule has 0 fully saturated rings. The molecule has 0 amide bonds. The Hall–Kier alpha value is -1.88. The number of ketones is 1. The third-order valence-electron chi connectivity index (χ3n) is 2.45. The predicted octanol–water partition coefficient (Wildman–Crippen LogP) is 2.19. The number of nitrogens with zero attached hydrogens (tertiary/aromatic N) is 1. The third-order valence-corrected chi connectivity index (χ3v) is 3.14. The predicted molar refractivity (Wildman–Crippen MR) is 70.5 cm³/mol. The van der Waals surface area contributed by atoms with E-state index in [0.29, 0.717) is 17.9 Å². The van der Waals surface area contributed by atoms with Crippen molar-refractivity contribution >= 4 is 17.1 Å². The maximum atomic E-state index is 12.1. The summed E-state index contributed by atoms with van der Waals surface area (Å²) in [6.45, 7) is 2.42. The van der Waals surface area contributed by atoms with Crippen LogP contribution in [0.25, 0.3) is 0 Å². The molecule has 2 rings (SSSR count). The van der Waals surface area contributed by atoms with Crippen LogP contribution in [0, 0.1) is 0 Å². The molecule has 5 heteroatoms. The minimum atomic E-state index is -0.128. The molecule has 0 saturated carbocycles. The van der Waals surface area contributed by atoms with Gasteiger partial charge in [0.05, 0.1) is 18.7 Å². The van der Waals surface area contributed by atoms with Gasteiger partial charge in [0.25, 0.3) is 0 Å². The summed E-state index contributed by atoms with van der Waals surface area (Å²) in [6, 6.07) is 7.07. The molecule has 0 aliphatic rings. The molecular weight excluding hydrogens is 250 g/mol. The normalized spacial score (nSPS) is 10.3. The number of aromatic nitrogens is 1. The van der Waals surface area contributed by atoms with Crippen molar-refractivity contribution in [3.63, 3.8) is 0 Å². The first-order valence-corrected chi connectivity index (χ1v) is 6.49. The van der Waals surface area contributed by atoms with E-state index < -0.39 is 0 Å². The number of ether oxygens (including phenoxy) is 1. The van der Waals surface area contributed by atoms with Crippen LogP contribution < -0.4 is 9.61 Å². The Bertz CT molecular complexity index is 600. The van der Waals surface area contributed by atoms with Gasteiger partial charge in [-0.25, -0.2) is 0 Å². The molecule has 0 atom stereocenters. The number of benzene rings is 1. The van der Waals surface area contributed by atoms with Gasteiger partial charge in [0, 0.05) is 11.6 Å². The van der Waals surface area contributed by atoms with Gasteiger partial charge < -0.3 is 4.74 Å². The molecule has 0 radical (unpaired) electrons. The fraction of sp³-hybridized carbons (Fsp3) is 0.231. The van der Waals surface area contributed by atoms with E-state index in [2.05, 4.69) is 0 Å². The topological polar surface area (TPSA) is 48.3 Å². The number of para-hydroxylation sites is 1. The van der Waals surface area contributed by atoms with E-state index in [1.165, 1.54) is 4.57 Å². The van der Waals surface area contributed by atoms with E-state index in [1.807, 2.05) is 13.0 Å². The summed E-state index contributed by atoms with van der Waals surface area (Å²) in [4.78, 5) is 23.4. The summed E-state index contributed by atoms with van der Waals surface area (Å²) in [5.74, 6) is 0.438. The molecule has 94 valence electrons. The summed E-state index contributed by atoms with van der Waals surface area (Å²) in [5.41, 5.74) is 0.512. The zero-order valence-electron chi connectivity index (χ0n) is 9.96. The second-order valence-electron chi connectivity index (χ2n) is 3.65. The van der Waals surface area contributed by atoms with Gasteiger partial charge in [-0.3, -0.25) is 14.2 Å². The molecule has 1 heterocycles. The number of carbonyl (C=O) groups is 1. The van der Waals surface area contributed by atoms with Crippen LogP contribution in [0.4, 0.5) is 0 Å². The molecule has 0 aliphatic carbocycles. The third kappa shape index (κ3) is 2.68. The minimum absolute atomic E-state index is 0.0480. The van der Waals surface area contributed by atoms with E-state index in [0.717, 1.165) is 11.3 Å². The van der Waals surface area contributed by atoms with E-state index in [9.17, 15) is 9.59 Å². The van der Waals surface area contributed by atoms with Crippen molar-refractivity contribution in [1.29, 1.82) is 0 Å². The molecule has 2 aromatic rings. The Balaban J connectivity index is 2.24. The van der Waals surface area contributed by atoms with Gasteiger partial charge in [0.1, 0.15) is 5.75 Å². The fourth-order valence-electron chi connectivity index (χ4n) is 1.63. The van der Waals surface area contributed by atoms with Gasteiger partial charge in [-0.2, -0.15) is 0 Å². The molecule has 1 aromatic heterocycles. The first-order valence-electron chi connectivity index (χ1n) is 5.61.